The average molecular weight is 484 g/mol. The van der Waals surface area contributed by atoms with Crippen LogP contribution in [0.3, 0.4) is 0 Å². The Kier molecular flexibility index (Phi) is 8.84. The van der Waals surface area contributed by atoms with E-state index in [0.717, 1.165) is 12.8 Å². The van der Waals surface area contributed by atoms with Crippen LogP contribution in [0.15, 0.2) is 54.6 Å². The highest BCUT2D eigenvalue weighted by atomic mass is 19.1. The maximum Gasteiger partial charge on any atom is 0.407 e. The maximum atomic E-state index is 14.3. The summed E-state index contributed by atoms with van der Waals surface area (Å²) < 4.78 is 19.7. The number of ether oxygens (including phenoxy) is 1. The molecule has 2 aromatic rings. The predicted molar refractivity (Wildman–Crippen MR) is 131 cm³/mol. The Hall–Kier alpha value is -3.42. The van der Waals surface area contributed by atoms with Crippen LogP contribution in [0.2, 0.25) is 0 Å². The monoisotopic (exact) mass is 483 g/mol. The molecule has 3 rings (SSSR count). The Morgan fingerprint density at radius 1 is 1.09 bits per heavy atom. The molecule has 0 radical (unpaired) electrons. The van der Waals surface area contributed by atoms with E-state index in [1.54, 1.807) is 68.1 Å². The highest BCUT2D eigenvalue weighted by molar-refractivity contribution is 5.94. The zero-order chi connectivity index (χ0) is 25.4. The zero-order valence-corrected chi connectivity index (χ0v) is 20.6. The second-order valence-electron chi connectivity index (χ2n) is 9.80. The fraction of sp³-hybridized carbons (Fsp3) is 0.444. The number of nitrogens with zero attached hydrogens (tertiary/aromatic N) is 1. The van der Waals surface area contributed by atoms with Crippen LogP contribution in [-0.2, 0) is 16.0 Å². The van der Waals surface area contributed by atoms with Crippen molar-refractivity contribution < 1.29 is 23.5 Å². The van der Waals surface area contributed by atoms with E-state index in [-0.39, 0.29) is 30.7 Å². The van der Waals surface area contributed by atoms with Gasteiger partial charge >= 0.3 is 6.09 Å². The van der Waals surface area contributed by atoms with Crippen molar-refractivity contribution in [2.24, 2.45) is 0 Å². The summed E-state index contributed by atoms with van der Waals surface area (Å²) >= 11 is 0. The molecule has 1 unspecified atom stereocenters. The predicted octanol–water partition coefficient (Wildman–Crippen LogP) is 4.07. The summed E-state index contributed by atoms with van der Waals surface area (Å²) in [5, 5.41) is 5.66. The summed E-state index contributed by atoms with van der Waals surface area (Å²) in [4.78, 5) is 39.8. The van der Waals surface area contributed by atoms with Gasteiger partial charge in [0.15, 0.2) is 0 Å². The first-order valence-corrected chi connectivity index (χ1v) is 12.0. The molecule has 7 nitrogen and oxygen atoms in total. The van der Waals surface area contributed by atoms with Crippen LogP contribution in [0, 0.1) is 5.82 Å². The molecule has 1 saturated heterocycles. The van der Waals surface area contributed by atoms with Gasteiger partial charge < -0.3 is 20.3 Å². The lowest BCUT2D eigenvalue weighted by Crippen LogP contribution is -2.47. The first-order valence-electron chi connectivity index (χ1n) is 12.0. The van der Waals surface area contributed by atoms with Crippen LogP contribution >= 0.6 is 0 Å². The maximum absolute atomic E-state index is 14.3. The third-order valence-corrected chi connectivity index (χ3v) is 5.80. The van der Waals surface area contributed by atoms with Gasteiger partial charge in [-0.2, -0.15) is 0 Å². The molecule has 0 aliphatic carbocycles. The van der Waals surface area contributed by atoms with Crippen molar-refractivity contribution in [2.45, 2.75) is 64.1 Å². The highest BCUT2D eigenvalue weighted by Gasteiger charge is 2.31. The number of amides is 3. The largest absolute Gasteiger partial charge is 0.444 e. The van der Waals surface area contributed by atoms with Gasteiger partial charge in [-0.15, -0.1) is 0 Å². The summed E-state index contributed by atoms with van der Waals surface area (Å²) in [5.74, 6) is -0.730. The van der Waals surface area contributed by atoms with E-state index in [1.165, 1.54) is 6.07 Å². The first-order chi connectivity index (χ1) is 16.6. The standard InChI is InChI=1S/C27H34FN3O4/c1-27(2,3)35-26(34)30-21(16-20-12-7-8-14-23(20)28)17-24(32)31-15-9-13-22(31)18-29-25(33)19-10-5-4-6-11-19/h4-8,10-12,14,21-22H,9,13,15-18H2,1-3H3,(H,29,33)(H,30,34)/t21?,22-/m0/s1. The second kappa shape index (κ2) is 11.8. The number of likely N-dealkylation sites (tertiary alicyclic amines) is 1. The normalized spacial score (nSPS) is 16.5. The summed E-state index contributed by atoms with van der Waals surface area (Å²) in [6.45, 7) is 6.17. The van der Waals surface area contributed by atoms with Gasteiger partial charge in [-0.3, -0.25) is 9.59 Å². The van der Waals surface area contributed by atoms with Crippen molar-refractivity contribution in [1.82, 2.24) is 15.5 Å². The molecular weight excluding hydrogens is 449 g/mol. The highest BCUT2D eigenvalue weighted by Crippen LogP contribution is 2.20. The van der Waals surface area contributed by atoms with E-state index >= 15 is 0 Å². The summed E-state index contributed by atoms with van der Waals surface area (Å²) in [6, 6.07) is 14.5. The number of halogens is 1. The molecule has 188 valence electrons. The van der Waals surface area contributed by atoms with Crippen molar-refractivity contribution in [3.8, 4) is 0 Å². The number of carbonyl (C=O) groups excluding carboxylic acids is 3. The van der Waals surface area contributed by atoms with E-state index < -0.39 is 23.6 Å². The van der Waals surface area contributed by atoms with Crippen LogP contribution in [0.5, 0.6) is 0 Å². The van der Waals surface area contributed by atoms with E-state index in [0.29, 0.717) is 24.2 Å². The molecule has 2 N–H and O–H groups in total. The van der Waals surface area contributed by atoms with Crippen LogP contribution < -0.4 is 10.6 Å². The second-order valence-corrected chi connectivity index (χ2v) is 9.80. The molecule has 1 fully saturated rings. The van der Waals surface area contributed by atoms with E-state index in [2.05, 4.69) is 10.6 Å². The van der Waals surface area contributed by atoms with E-state index in [1.807, 2.05) is 6.07 Å². The zero-order valence-electron chi connectivity index (χ0n) is 20.6. The number of benzene rings is 2. The van der Waals surface area contributed by atoms with Crippen LogP contribution in [-0.4, -0.2) is 53.6 Å². The lowest BCUT2D eigenvalue weighted by molar-refractivity contribution is -0.132. The molecular formula is C27H34FN3O4. The van der Waals surface area contributed by atoms with Crippen molar-refractivity contribution in [1.29, 1.82) is 0 Å². The molecule has 1 aliphatic heterocycles. The van der Waals surface area contributed by atoms with Gasteiger partial charge in [0.2, 0.25) is 5.91 Å². The Balaban J connectivity index is 1.64. The van der Waals surface area contributed by atoms with Gasteiger partial charge in [0.05, 0.1) is 0 Å². The molecule has 0 aromatic heterocycles. The minimum atomic E-state index is -0.701. The van der Waals surface area contributed by atoms with Crippen molar-refractivity contribution in [3.63, 3.8) is 0 Å². The number of nitrogens with one attached hydrogen (secondary N) is 2. The molecule has 1 heterocycles. The third kappa shape index (κ3) is 8.09. The Morgan fingerprint density at radius 2 is 1.77 bits per heavy atom. The summed E-state index contributed by atoms with van der Waals surface area (Å²) in [7, 11) is 0. The third-order valence-electron chi connectivity index (χ3n) is 5.80. The van der Waals surface area contributed by atoms with Gasteiger partial charge in [0.25, 0.3) is 5.91 Å². The lowest BCUT2D eigenvalue weighted by Gasteiger charge is -2.28. The topological polar surface area (TPSA) is 87.7 Å². The number of rotatable bonds is 8. The van der Waals surface area contributed by atoms with Crippen molar-refractivity contribution in [3.05, 3.63) is 71.5 Å². The fourth-order valence-electron chi connectivity index (χ4n) is 4.18. The fourth-order valence-corrected chi connectivity index (χ4v) is 4.18. The number of hydrogen-bond donors (Lipinski definition) is 2. The van der Waals surface area contributed by atoms with Gasteiger partial charge in [0, 0.05) is 37.2 Å². The Labute approximate surface area is 206 Å². The molecule has 3 amide bonds. The van der Waals surface area contributed by atoms with Crippen LogP contribution in [0.4, 0.5) is 9.18 Å². The molecule has 35 heavy (non-hydrogen) atoms. The van der Waals surface area contributed by atoms with Crippen LogP contribution in [0.25, 0.3) is 0 Å². The molecule has 1 aliphatic rings. The molecule has 0 spiro atoms. The van der Waals surface area contributed by atoms with E-state index in [9.17, 15) is 18.8 Å². The summed E-state index contributed by atoms with van der Waals surface area (Å²) in [6.07, 6.45) is 1.10. The summed E-state index contributed by atoms with van der Waals surface area (Å²) in [5.41, 5.74) is 0.275. The smallest absolute Gasteiger partial charge is 0.407 e. The van der Waals surface area contributed by atoms with Gasteiger partial charge in [-0.1, -0.05) is 36.4 Å². The molecule has 2 atom stereocenters. The number of carbonyl (C=O) groups is 3. The molecule has 8 heteroatoms. The Bertz CT molecular complexity index is 1020. The van der Waals surface area contributed by atoms with Crippen molar-refractivity contribution in [2.75, 3.05) is 13.1 Å². The minimum Gasteiger partial charge on any atom is -0.444 e. The average Bonchev–Trinajstić information content (AvgIpc) is 3.27. The molecule has 0 saturated carbocycles. The molecule has 0 bridgehead atoms. The van der Waals surface area contributed by atoms with E-state index in [4.69, 9.17) is 4.74 Å². The Morgan fingerprint density at radius 3 is 2.46 bits per heavy atom. The minimum absolute atomic E-state index is 0.00327. The first kappa shape index (κ1) is 26.2. The quantitative estimate of drug-likeness (QED) is 0.593. The SMILES string of the molecule is CC(C)(C)OC(=O)NC(CC(=O)N1CCC[C@H]1CNC(=O)c1ccccc1)Cc1ccccc1F. The van der Waals surface area contributed by atoms with Crippen LogP contribution in [0.1, 0.15) is 56.0 Å². The number of hydrogen-bond acceptors (Lipinski definition) is 4. The lowest BCUT2D eigenvalue weighted by atomic mass is 10.0. The van der Waals surface area contributed by atoms with Gasteiger partial charge in [-0.05, 0) is 63.8 Å². The van der Waals surface area contributed by atoms with Crippen molar-refractivity contribution >= 4 is 17.9 Å². The van der Waals surface area contributed by atoms with Gasteiger partial charge in [-0.25, -0.2) is 9.18 Å². The van der Waals surface area contributed by atoms with Gasteiger partial charge in [0.1, 0.15) is 11.4 Å². The number of alkyl carbamates (subject to hydrolysis) is 1. The molecule has 2 aromatic carbocycles.